The number of ketones is 1. The van der Waals surface area contributed by atoms with Crippen LogP contribution >= 0.6 is 11.6 Å². The molecule has 0 N–H and O–H groups in total. The summed E-state index contributed by atoms with van der Waals surface area (Å²) >= 11 is 6.16. The van der Waals surface area contributed by atoms with Crippen LogP contribution in [0.3, 0.4) is 0 Å². The summed E-state index contributed by atoms with van der Waals surface area (Å²) in [4.78, 5) is 12.2. The van der Waals surface area contributed by atoms with Crippen LogP contribution in [0.2, 0.25) is 5.02 Å². The van der Waals surface area contributed by atoms with E-state index in [0.29, 0.717) is 40.9 Å². The molecule has 0 radical (unpaired) electrons. The van der Waals surface area contributed by atoms with Gasteiger partial charge in [0.2, 0.25) is 0 Å². The molecule has 0 saturated carbocycles. The maximum Gasteiger partial charge on any atom is 0.185 e. The number of rotatable bonds is 3. The van der Waals surface area contributed by atoms with Crippen molar-refractivity contribution in [1.82, 2.24) is 0 Å². The summed E-state index contributed by atoms with van der Waals surface area (Å²) in [6, 6.07) is 12.1. The first-order valence-electron chi connectivity index (χ1n) is 6.99. The number of allylic oxidation sites excluding steroid dienone is 1. The number of carbonyl (C=O) groups is 1. The number of fused-ring (bicyclic) bond motifs is 1. The van der Waals surface area contributed by atoms with Crippen molar-refractivity contribution in [2.24, 2.45) is 0 Å². The standard InChI is InChI=1S/C18H12ClNO3/c19-15-9-12(10-17-18(15)23-7-6-22-17)4-5-16(21)14-3-1-2-13(8-14)11-20/h1-5,8-10H,6-7H2/b5-4+. The molecule has 0 aliphatic carbocycles. The highest BCUT2D eigenvalue weighted by molar-refractivity contribution is 6.32. The molecule has 2 aromatic carbocycles. The first-order chi connectivity index (χ1) is 11.2. The van der Waals surface area contributed by atoms with Crippen molar-refractivity contribution < 1.29 is 14.3 Å². The third-order valence-corrected chi connectivity index (χ3v) is 3.60. The normalized spacial score (nSPS) is 12.9. The molecular formula is C18H12ClNO3. The summed E-state index contributed by atoms with van der Waals surface area (Å²) in [5, 5.41) is 9.32. The minimum Gasteiger partial charge on any atom is -0.486 e. The molecule has 0 spiro atoms. The Morgan fingerprint density at radius 1 is 1.22 bits per heavy atom. The van der Waals surface area contributed by atoms with Crippen LogP contribution in [0.4, 0.5) is 0 Å². The first kappa shape index (κ1) is 15.1. The molecule has 114 valence electrons. The Balaban J connectivity index is 1.83. The van der Waals surface area contributed by atoms with Gasteiger partial charge in [-0.3, -0.25) is 4.79 Å². The summed E-state index contributed by atoms with van der Waals surface area (Å²) in [5.41, 5.74) is 1.65. The SMILES string of the molecule is N#Cc1cccc(C(=O)/C=C/c2cc(Cl)c3c(c2)OCCO3)c1. The molecule has 4 nitrogen and oxygen atoms in total. The third-order valence-electron chi connectivity index (χ3n) is 3.32. The Labute approximate surface area is 138 Å². The van der Waals surface area contributed by atoms with Crippen molar-refractivity contribution in [3.8, 4) is 17.6 Å². The topological polar surface area (TPSA) is 59.3 Å². The van der Waals surface area contributed by atoms with Gasteiger partial charge in [-0.2, -0.15) is 5.26 Å². The summed E-state index contributed by atoms with van der Waals surface area (Å²) in [5.74, 6) is 0.915. The van der Waals surface area contributed by atoms with E-state index in [-0.39, 0.29) is 5.78 Å². The fourth-order valence-electron chi connectivity index (χ4n) is 2.24. The summed E-state index contributed by atoms with van der Waals surface area (Å²) < 4.78 is 11.0. The monoisotopic (exact) mass is 325 g/mol. The van der Waals surface area contributed by atoms with Gasteiger partial charge < -0.3 is 9.47 Å². The number of hydrogen-bond acceptors (Lipinski definition) is 4. The number of carbonyl (C=O) groups excluding carboxylic acids is 1. The van der Waals surface area contributed by atoms with E-state index in [4.69, 9.17) is 26.3 Å². The van der Waals surface area contributed by atoms with Gasteiger partial charge in [0.25, 0.3) is 0 Å². The molecule has 0 fully saturated rings. The summed E-state index contributed by atoms with van der Waals surface area (Å²) in [6.45, 7) is 0.937. The molecule has 1 heterocycles. The predicted octanol–water partition coefficient (Wildman–Crippen LogP) is 3.88. The highest BCUT2D eigenvalue weighted by Gasteiger charge is 2.16. The van der Waals surface area contributed by atoms with E-state index in [1.54, 1.807) is 42.5 Å². The fraction of sp³-hybridized carbons (Fsp3) is 0.111. The average Bonchev–Trinajstić information content (AvgIpc) is 2.60. The Bertz CT molecular complexity index is 837. The Hall–Kier alpha value is -2.77. The molecule has 0 aromatic heterocycles. The van der Waals surface area contributed by atoms with Gasteiger partial charge >= 0.3 is 0 Å². The number of benzene rings is 2. The van der Waals surface area contributed by atoms with E-state index < -0.39 is 0 Å². The smallest absolute Gasteiger partial charge is 0.185 e. The Morgan fingerprint density at radius 2 is 2.04 bits per heavy atom. The van der Waals surface area contributed by atoms with Crippen LogP contribution in [-0.2, 0) is 0 Å². The Morgan fingerprint density at radius 3 is 2.87 bits per heavy atom. The quantitative estimate of drug-likeness (QED) is 0.634. The number of nitrogens with zero attached hydrogens (tertiary/aromatic N) is 1. The third kappa shape index (κ3) is 3.36. The molecule has 3 rings (SSSR count). The number of halogens is 1. The van der Waals surface area contributed by atoms with Gasteiger partial charge in [0.1, 0.15) is 13.2 Å². The van der Waals surface area contributed by atoms with Gasteiger partial charge in [-0.25, -0.2) is 0 Å². The molecular weight excluding hydrogens is 314 g/mol. The lowest BCUT2D eigenvalue weighted by Crippen LogP contribution is -2.15. The van der Waals surface area contributed by atoms with E-state index in [1.807, 2.05) is 6.07 Å². The average molecular weight is 326 g/mol. The first-order valence-corrected chi connectivity index (χ1v) is 7.37. The van der Waals surface area contributed by atoms with E-state index in [9.17, 15) is 4.79 Å². The predicted molar refractivity (Wildman–Crippen MR) is 87.0 cm³/mol. The second-order valence-electron chi connectivity index (χ2n) is 4.92. The minimum atomic E-state index is -0.187. The van der Waals surface area contributed by atoms with Crippen LogP contribution in [0.1, 0.15) is 21.5 Å². The molecule has 1 aliphatic heterocycles. The van der Waals surface area contributed by atoms with Crippen LogP contribution in [0.5, 0.6) is 11.5 Å². The molecule has 1 aliphatic rings. The lowest BCUT2D eigenvalue weighted by molar-refractivity contribution is 0.104. The molecule has 2 aromatic rings. The molecule has 5 heteroatoms. The van der Waals surface area contributed by atoms with Crippen molar-refractivity contribution in [3.05, 3.63) is 64.2 Å². The maximum atomic E-state index is 12.2. The number of nitriles is 1. The maximum absolute atomic E-state index is 12.2. The van der Waals surface area contributed by atoms with Crippen molar-refractivity contribution in [3.63, 3.8) is 0 Å². The van der Waals surface area contributed by atoms with Crippen LogP contribution in [0.25, 0.3) is 6.08 Å². The van der Waals surface area contributed by atoms with E-state index >= 15 is 0 Å². The van der Waals surface area contributed by atoms with Crippen molar-refractivity contribution in [2.45, 2.75) is 0 Å². The molecule has 0 unspecified atom stereocenters. The molecule has 0 saturated heterocycles. The van der Waals surface area contributed by atoms with Gasteiger partial charge in [0.05, 0.1) is 16.7 Å². The number of ether oxygens (including phenoxy) is 2. The zero-order valence-corrected chi connectivity index (χ0v) is 12.8. The van der Waals surface area contributed by atoms with Crippen LogP contribution in [0.15, 0.2) is 42.5 Å². The highest BCUT2D eigenvalue weighted by Crippen LogP contribution is 2.38. The van der Waals surface area contributed by atoms with Crippen LogP contribution in [-0.4, -0.2) is 19.0 Å². The van der Waals surface area contributed by atoms with Crippen LogP contribution < -0.4 is 9.47 Å². The van der Waals surface area contributed by atoms with Crippen molar-refractivity contribution in [1.29, 1.82) is 5.26 Å². The van der Waals surface area contributed by atoms with Crippen molar-refractivity contribution >= 4 is 23.5 Å². The molecule has 0 amide bonds. The fourth-order valence-corrected chi connectivity index (χ4v) is 2.51. The van der Waals surface area contributed by atoms with Gasteiger partial charge in [0, 0.05) is 5.56 Å². The minimum absolute atomic E-state index is 0.187. The molecule has 0 atom stereocenters. The molecule has 23 heavy (non-hydrogen) atoms. The largest absolute Gasteiger partial charge is 0.486 e. The zero-order chi connectivity index (χ0) is 16.2. The molecule has 0 bridgehead atoms. The lowest BCUT2D eigenvalue weighted by atomic mass is 10.1. The van der Waals surface area contributed by atoms with E-state index in [2.05, 4.69) is 0 Å². The summed E-state index contributed by atoms with van der Waals surface area (Å²) in [6.07, 6.45) is 3.10. The second kappa shape index (κ2) is 6.55. The van der Waals surface area contributed by atoms with E-state index in [0.717, 1.165) is 5.56 Å². The van der Waals surface area contributed by atoms with Gasteiger partial charge in [-0.05, 0) is 35.9 Å². The number of hydrogen-bond donors (Lipinski definition) is 0. The highest BCUT2D eigenvalue weighted by atomic mass is 35.5. The van der Waals surface area contributed by atoms with Gasteiger partial charge in [0.15, 0.2) is 17.3 Å². The summed E-state index contributed by atoms with van der Waals surface area (Å²) in [7, 11) is 0. The second-order valence-corrected chi connectivity index (χ2v) is 5.32. The lowest BCUT2D eigenvalue weighted by Gasteiger charge is -2.19. The Kier molecular flexibility index (Phi) is 4.31. The van der Waals surface area contributed by atoms with E-state index in [1.165, 1.54) is 6.08 Å². The van der Waals surface area contributed by atoms with Gasteiger partial charge in [-0.15, -0.1) is 0 Å². The van der Waals surface area contributed by atoms with Crippen molar-refractivity contribution in [2.75, 3.05) is 13.2 Å². The van der Waals surface area contributed by atoms with Gasteiger partial charge in [-0.1, -0.05) is 29.8 Å². The zero-order valence-electron chi connectivity index (χ0n) is 12.1. The van der Waals surface area contributed by atoms with Crippen LogP contribution in [0, 0.1) is 11.3 Å².